The molecular formula is C11H18N2O4S. The molecule has 0 aliphatic carbocycles. The van der Waals surface area contributed by atoms with Crippen LogP contribution in [0.2, 0.25) is 0 Å². The number of nitrogens with one attached hydrogen (secondary N) is 1. The molecule has 1 heterocycles. The molecular weight excluding hydrogens is 256 g/mol. The van der Waals surface area contributed by atoms with Crippen molar-refractivity contribution in [1.82, 2.24) is 9.29 Å². The highest BCUT2D eigenvalue weighted by Gasteiger charge is 2.27. The lowest BCUT2D eigenvalue weighted by Gasteiger charge is -2.24. The molecule has 0 aliphatic rings. The van der Waals surface area contributed by atoms with E-state index in [1.807, 2.05) is 6.92 Å². The topological polar surface area (TPSA) is 90.5 Å². The van der Waals surface area contributed by atoms with Crippen molar-refractivity contribution < 1.29 is 18.3 Å². The maximum absolute atomic E-state index is 12.3. The Labute approximate surface area is 107 Å². The number of carboxylic acid groups (broad SMARTS) is 1. The molecule has 0 saturated heterocycles. The van der Waals surface area contributed by atoms with Crippen LogP contribution >= 0.6 is 0 Å². The highest BCUT2D eigenvalue weighted by Crippen LogP contribution is 2.19. The Hall–Kier alpha value is -1.34. The van der Waals surface area contributed by atoms with Crippen molar-refractivity contribution in [1.29, 1.82) is 0 Å². The van der Waals surface area contributed by atoms with Crippen LogP contribution in [0.5, 0.6) is 0 Å². The second-order valence-corrected chi connectivity index (χ2v) is 6.15. The summed E-state index contributed by atoms with van der Waals surface area (Å²) in [7, 11) is -3.64. The van der Waals surface area contributed by atoms with Crippen molar-refractivity contribution in [2.75, 3.05) is 6.54 Å². The Morgan fingerprint density at radius 2 is 2.11 bits per heavy atom. The normalized spacial score (nSPS) is 12.3. The monoisotopic (exact) mass is 274 g/mol. The van der Waals surface area contributed by atoms with Gasteiger partial charge in [0.2, 0.25) is 10.0 Å². The zero-order valence-electron chi connectivity index (χ0n) is 10.7. The molecule has 6 nitrogen and oxygen atoms in total. The van der Waals surface area contributed by atoms with Gasteiger partial charge in [0.05, 0.1) is 0 Å². The molecule has 0 saturated carbocycles. The van der Waals surface area contributed by atoms with Crippen molar-refractivity contribution in [2.45, 2.75) is 38.1 Å². The number of carbonyl (C=O) groups is 1. The molecule has 0 fully saturated rings. The summed E-state index contributed by atoms with van der Waals surface area (Å²) in [6.45, 7) is 5.88. The van der Waals surface area contributed by atoms with Crippen LogP contribution < -0.4 is 0 Å². The van der Waals surface area contributed by atoms with Crippen LogP contribution in [0.25, 0.3) is 0 Å². The van der Waals surface area contributed by atoms with E-state index in [0.717, 1.165) is 6.07 Å². The van der Waals surface area contributed by atoms with E-state index in [9.17, 15) is 13.2 Å². The number of carboxylic acids is 1. The Kier molecular flexibility index (Phi) is 4.53. The maximum Gasteiger partial charge on any atom is 0.352 e. The quantitative estimate of drug-likeness (QED) is 0.823. The van der Waals surface area contributed by atoms with Gasteiger partial charge in [-0.05, 0) is 26.3 Å². The van der Waals surface area contributed by atoms with Crippen molar-refractivity contribution in [3.05, 3.63) is 18.0 Å². The predicted octanol–water partition coefficient (Wildman–Crippen LogP) is 1.52. The molecule has 0 aliphatic heterocycles. The Balaban J connectivity index is 3.14. The van der Waals surface area contributed by atoms with Crippen molar-refractivity contribution in [2.24, 2.45) is 0 Å². The first kappa shape index (κ1) is 14.7. The number of aromatic nitrogens is 1. The van der Waals surface area contributed by atoms with Crippen LogP contribution in [0, 0.1) is 0 Å². The molecule has 102 valence electrons. The van der Waals surface area contributed by atoms with Crippen LogP contribution in [0.4, 0.5) is 0 Å². The fourth-order valence-electron chi connectivity index (χ4n) is 1.66. The predicted molar refractivity (Wildman–Crippen MR) is 67.1 cm³/mol. The van der Waals surface area contributed by atoms with Crippen LogP contribution in [0.3, 0.4) is 0 Å². The lowest BCUT2D eigenvalue weighted by Crippen LogP contribution is -2.37. The van der Waals surface area contributed by atoms with E-state index in [4.69, 9.17) is 5.11 Å². The van der Waals surface area contributed by atoms with Gasteiger partial charge in [-0.25, -0.2) is 13.2 Å². The van der Waals surface area contributed by atoms with E-state index in [1.54, 1.807) is 13.8 Å². The van der Waals surface area contributed by atoms with Gasteiger partial charge in [0, 0.05) is 18.8 Å². The number of sulfonamides is 1. The maximum atomic E-state index is 12.3. The van der Waals surface area contributed by atoms with Gasteiger partial charge in [-0.15, -0.1) is 0 Å². The first-order chi connectivity index (χ1) is 8.30. The van der Waals surface area contributed by atoms with Gasteiger partial charge >= 0.3 is 5.97 Å². The van der Waals surface area contributed by atoms with Crippen LogP contribution in [0.1, 0.15) is 37.7 Å². The smallest absolute Gasteiger partial charge is 0.352 e. The molecule has 1 aromatic rings. The average molecular weight is 274 g/mol. The zero-order valence-corrected chi connectivity index (χ0v) is 11.5. The Bertz CT molecular complexity index is 519. The van der Waals surface area contributed by atoms with Crippen LogP contribution in [-0.4, -0.2) is 41.4 Å². The summed E-state index contributed by atoms with van der Waals surface area (Å²) in [5.41, 5.74) is -0.131. The standard InChI is InChI=1S/C11H18N2O4S/c1-4-5-13(8(2)3)18(16,17)9-6-10(11(14)15)12-7-9/h6-8,12H,4-5H2,1-3H3,(H,14,15). The SMILES string of the molecule is CCCN(C(C)C)S(=O)(=O)c1c[nH]c(C(=O)O)c1. The third-order valence-corrected chi connectivity index (χ3v) is 4.57. The van der Waals surface area contributed by atoms with Gasteiger partial charge in [-0.1, -0.05) is 6.92 Å². The van der Waals surface area contributed by atoms with Crippen molar-refractivity contribution in [3.63, 3.8) is 0 Å². The van der Waals surface area contributed by atoms with Gasteiger partial charge < -0.3 is 10.1 Å². The van der Waals surface area contributed by atoms with Crippen LogP contribution in [-0.2, 0) is 10.0 Å². The van der Waals surface area contributed by atoms with E-state index in [-0.39, 0.29) is 16.6 Å². The van der Waals surface area contributed by atoms with E-state index >= 15 is 0 Å². The van der Waals surface area contributed by atoms with Gasteiger partial charge in [-0.2, -0.15) is 4.31 Å². The third kappa shape index (κ3) is 2.91. The average Bonchev–Trinajstić information content (AvgIpc) is 2.74. The number of hydrogen-bond donors (Lipinski definition) is 2. The van der Waals surface area contributed by atoms with Gasteiger partial charge in [-0.3, -0.25) is 0 Å². The summed E-state index contributed by atoms with van der Waals surface area (Å²) in [6, 6.07) is 0.973. The summed E-state index contributed by atoms with van der Waals surface area (Å²) >= 11 is 0. The number of nitrogens with zero attached hydrogens (tertiary/aromatic N) is 1. The zero-order chi connectivity index (χ0) is 13.9. The summed E-state index contributed by atoms with van der Waals surface area (Å²) in [4.78, 5) is 13.2. The highest BCUT2D eigenvalue weighted by atomic mass is 32.2. The Morgan fingerprint density at radius 3 is 2.50 bits per heavy atom. The van der Waals surface area contributed by atoms with E-state index < -0.39 is 16.0 Å². The molecule has 7 heteroatoms. The molecule has 0 atom stereocenters. The number of H-pyrrole nitrogens is 1. The lowest BCUT2D eigenvalue weighted by molar-refractivity contribution is 0.0691. The van der Waals surface area contributed by atoms with E-state index in [1.165, 1.54) is 10.5 Å². The minimum Gasteiger partial charge on any atom is -0.477 e. The largest absolute Gasteiger partial charge is 0.477 e. The third-order valence-electron chi connectivity index (χ3n) is 2.51. The minimum absolute atomic E-state index is 0.0120. The fraction of sp³-hybridized carbons (Fsp3) is 0.545. The number of aromatic amines is 1. The second-order valence-electron chi connectivity index (χ2n) is 4.26. The molecule has 0 spiro atoms. The summed E-state index contributed by atoms with van der Waals surface area (Å²) in [5.74, 6) is -1.18. The molecule has 0 radical (unpaired) electrons. The molecule has 2 N–H and O–H groups in total. The molecule has 0 amide bonds. The number of hydrogen-bond acceptors (Lipinski definition) is 3. The summed E-state index contributed by atoms with van der Waals surface area (Å²) in [6.07, 6.45) is 1.91. The van der Waals surface area contributed by atoms with E-state index in [2.05, 4.69) is 4.98 Å². The molecule has 0 unspecified atom stereocenters. The number of rotatable bonds is 6. The summed E-state index contributed by atoms with van der Waals surface area (Å²) < 4.78 is 26.0. The molecule has 1 aromatic heterocycles. The fourth-order valence-corrected chi connectivity index (χ4v) is 3.38. The van der Waals surface area contributed by atoms with E-state index in [0.29, 0.717) is 13.0 Å². The minimum atomic E-state index is -3.64. The molecule has 0 aromatic carbocycles. The van der Waals surface area contributed by atoms with Gasteiger partial charge in [0.15, 0.2) is 0 Å². The first-order valence-electron chi connectivity index (χ1n) is 5.74. The van der Waals surface area contributed by atoms with Gasteiger partial charge in [0.25, 0.3) is 0 Å². The van der Waals surface area contributed by atoms with Crippen LogP contribution in [0.15, 0.2) is 17.2 Å². The second kappa shape index (κ2) is 5.53. The molecule has 18 heavy (non-hydrogen) atoms. The van der Waals surface area contributed by atoms with Crippen molar-refractivity contribution in [3.8, 4) is 0 Å². The first-order valence-corrected chi connectivity index (χ1v) is 7.18. The lowest BCUT2D eigenvalue weighted by atomic mass is 10.4. The summed E-state index contributed by atoms with van der Waals surface area (Å²) in [5, 5.41) is 8.78. The molecule has 1 rings (SSSR count). The highest BCUT2D eigenvalue weighted by molar-refractivity contribution is 7.89. The van der Waals surface area contributed by atoms with Crippen molar-refractivity contribution >= 4 is 16.0 Å². The number of aromatic carboxylic acids is 1. The van der Waals surface area contributed by atoms with Gasteiger partial charge in [0.1, 0.15) is 10.6 Å². The Morgan fingerprint density at radius 1 is 1.50 bits per heavy atom. The molecule has 0 bridgehead atoms.